The highest BCUT2D eigenvalue weighted by molar-refractivity contribution is 5.36. The summed E-state index contributed by atoms with van der Waals surface area (Å²) in [5, 5.41) is 6.19. The molecule has 5 nitrogen and oxygen atoms in total. The van der Waals surface area contributed by atoms with Crippen molar-refractivity contribution < 1.29 is 17.9 Å². The summed E-state index contributed by atoms with van der Waals surface area (Å²) < 4.78 is 44.8. The Kier molecular flexibility index (Phi) is 4.61. The molecule has 2 atom stereocenters. The number of nitrogens with zero attached hydrogens (tertiary/aromatic N) is 2. The van der Waals surface area contributed by atoms with Crippen LogP contribution in [0.5, 0.6) is 5.88 Å². The largest absolute Gasteiger partial charge is 0.471 e. The molecule has 128 valence electrons. The first kappa shape index (κ1) is 16.3. The number of nitrogens with one attached hydrogen (secondary N) is 2. The van der Waals surface area contributed by atoms with Crippen molar-refractivity contribution in [2.75, 3.05) is 11.9 Å². The zero-order valence-corrected chi connectivity index (χ0v) is 13.0. The third kappa shape index (κ3) is 3.85. The first-order valence-electron chi connectivity index (χ1n) is 8.04. The maximum absolute atomic E-state index is 13.1. The number of anilines is 1. The first-order valence-corrected chi connectivity index (χ1v) is 8.04. The van der Waals surface area contributed by atoms with E-state index in [0.29, 0.717) is 6.54 Å². The Hall–Kier alpha value is -1.57. The van der Waals surface area contributed by atoms with E-state index in [1.807, 2.05) is 6.92 Å². The molecular weight excluding hydrogens is 309 g/mol. The monoisotopic (exact) mass is 330 g/mol. The summed E-state index contributed by atoms with van der Waals surface area (Å²) in [4.78, 5) is 7.83. The van der Waals surface area contributed by atoms with Gasteiger partial charge in [-0.15, -0.1) is 0 Å². The topological polar surface area (TPSA) is 59.1 Å². The molecule has 0 amide bonds. The highest BCUT2D eigenvalue weighted by atomic mass is 19.4. The molecule has 1 aliphatic heterocycles. The Labute approximate surface area is 133 Å². The van der Waals surface area contributed by atoms with Crippen LogP contribution in [0, 0.1) is 0 Å². The standard InChI is InChI=1S/C15H21F3N4O/c1-9-12(8-19-9)23-13-11(15(16,17)18)7-20-14(22-13)21-10-5-3-2-4-6-10/h7,9-10,12,19H,2-6,8H2,1H3,(H,20,21,22). The van der Waals surface area contributed by atoms with Gasteiger partial charge in [0.15, 0.2) is 0 Å². The second-order valence-corrected chi connectivity index (χ2v) is 6.24. The SMILES string of the molecule is CC1NCC1Oc1nc(NC2CCCCC2)ncc1C(F)(F)F. The Balaban J connectivity index is 1.78. The second-order valence-electron chi connectivity index (χ2n) is 6.24. The maximum atomic E-state index is 13.1. The quantitative estimate of drug-likeness (QED) is 0.889. The van der Waals surface area contributed by atoms with E-state index < -0.39 is 11.7 Å². The molecule has 2 heterocycles. The lowest BCUT2D eigenvalue weighted by Gasteiger charge is -2.35. The molecule has 0 aromatic carbocycles. The van der Waals surface area contributed by atoms with Crippen molar-refractivity contribution >= 4 is 5.95 Å². The minimum Gasteiger partial charge on any atom is -0.471 e. The van der Waals surface area contributed by atoms with Crippen LogP contribution in [0.25, 0.3) is 0 Å². The number of rotatable bonds is 4. The van der Waals surface area contributed by atoms with Gasteiger partial charge in [-0.1, -0.05) is 19.3 Å². The van der Waals surface area contributed by atoms with E-state index in [2.05, 4.69) is 20.6 Å². The predicted molar refractivity (Wildman–Crippen MR) is 79.4 cm³/mol. The summed E-state index contributed by atoms with van der Waals surface area (Å²) in [5.74, 6) is -0.177. The fourth-order valence-corrected chi connectivity index (χ4v) is 2.89. The van der Waals surface area contributed by atoms with Crippen LogP contribution in [0.15, 0.2) is 6.20 Å². The summed E-state index contributed by atoms with van der Waals surface area (Å²) in [6.07, 6.45) is 1.40. The highest BCUT2D eigenvalue weighted by Crippen LogP contribution is 2.36. The lowest BCUT2D eigenvalue weighted by Crippen LogP contribution is -2.58. The second kappa shape index (κ2) is 6.51. The summed E-state index contributed by atoms with van der Waals surface area (Å²) in [7, 11) is 0. The smallest absolute Gasteiger partial charge is 0.423 e. The molecule has 2 unspecified atom stereocenters. The molecular formula is C15H21F3N4O. The summed E-state index contributed by atoms with van der Waals surface area (Å²) >= 11 is 0. The van der Waals surface area contributed by atoms with Crippen molar-refractivity contribution in [3.8, 4) is 5.88 Å². The van der Waals surface area contributed by atoms with E-state index in [-0.39, 0.29) is 30.0 Å². The molecule has 2 aliphatic rings. The minimum absolute atomic E-state index is 0.0146. The molecule has 23 heavy (non-hydrogen) atoms. The fraction of sp³-hybridized carbons (Fsp3) is 0.733. The van der Waals surface area contributed by atoms with Crippen molar-refractivity contribution in [2.24, 2.45) is 0 Å². The van der Waals surface area contributed by atoms with E-state index in [9.17, 15) is 13.2 Å². The van der Waals surface area contributed by atoms with E-state index in [1.165, 1.54) is 6.42 Å². The summed E-state index contributed by atoms with van der Waals surface area (Å²) in [6, 6.07) is 0.235. The zero-order chi connectivity index (χ0) is 16.4. The van der Waals surface area contributed by atoms with Crippen LogP contribution in [0.2, 0.25) is 0 Å². The van der Waals surface area contributed by atoms with Gasteiger partial charge in [-0.05, 0) is 19.8 Å². The van der Waals surface area contributed by atoms with E-state index in [0.717, 1.165) is 31.9 Å². The van der Waals surface area contributed by atoms with Crippen molar-refractivity contribution in [1.82, 2.24) is 15.3 Å². The maximum Gasteiger partial charge on any atom is 0.423 e. The van der Waals surface area contributed by atoms with Gasteiger partial charge in [0.25, 0.3) is 0 Å². The van der Waals surface area contributed by atoms with Crippen molar-refractivity contribution in [3.05, 3.63) is 11.8 Å². The fourth-order valence-electron chi connectivity index (χ4n) is 2.89. The third-order valence-electron chi connectivity index (χ3n) is 4.46. The van der Waals surface area contributed by atoms with Gasteiger partial charge in [0.05, 0.1) is 0 Å². The Bertz CT molecular complexity index is 546. The van der Waals surface area contributed by atoms with Crippen molar-refractivity contribution in [2.45, 2.75) is 63.4 Å². The van der Waals surface area contributed by atoms with Gasteiger partial charge in [-0.25, -0.2) is 4.98 Å². The van der Waals surface area contributed by atoms with Gasteiger partial charge in [0, 0.05) is 24.8 Å². The summed E-state index contributed by atoms with van der Waals surface area (Å²) in [6.45, 7) is 2.39. The molecule has 1 aromatic rings. The number of halogens is 3. The average molecular weight is 330 g/mol. The van der Waals surface area contributed by atoms with E-state index in [1.54, 1.807) is 0 Å². The predicted octanol–water partition coefficient (Wildman–Crippen LogP) is 2.98. The van der Waals surface area contributed by atoms with Crippen LogP contribution in [0.3, 0.4) is 0 Å². The zero-order valence-electron chi connectivity index (χ0n) is 13.0. The number of hydrogen-bond donors (Lipinski definition) is 2. The molecule has 0 bridgehead atoms. The molecule has 0 radical (unpaired) electrons. The lowest BCUT2D eigenvalue weighted by molar-refractivity contribution is -0.140. The van der Waals surface area contributed by atoms with Crippen molar-refractivity contribution in [1.29, 1.82) is 0 Å². The van der Waals surface area contributed by atoms with Gasteiger partial charge in [0.2, 0.25) is 11.8 Å². The van der Waals surface area contributed by atoms with Crippen LogP contribution in [0.4, 0.5) is 19.1 Å². The van der Waals surface area contributed by atoms with Crippen LogP contribution in [0.1, 0.15) is 44.6 Å². The van der Waals surface area contributed by atoms with Crippen LogP contribution >= 0.6 is 0 Å². The Morgan fingerprint density at radius 1 is 1.26 bits per heavy atom. The first-order chi connectivity index (χ1) is 10.9. The van der Waals surface area contributed by atoms with Gasteiger partial charge < -0.3 is 15.4 Å². The molecule has 2 fully saturated rings. The Morgan fingerprint density at radius 3 is 2.57 bits per heavy atom. The Morgan fingerprint density at radius 2 is 2.00 bits per heavy atom. The van der Waals surface area contributed by atoms with Crippen molar-refractivity contribution in [3.63, 3.8) is 0 Å². The molecule has 2 N–H and O–H groups in total. The van der Waals surface area contributed by atoms with Gasteiger partial charge in [0.1, 0.15) is 11.7 Å². The van der Waals surface area contributed by atoms with Crippen LogP contribution in [-0.2, 0) is 6.18 Å². The molecule has 1 aromatic heterocycles. The molecule has 1 saturated carbocycles. The molecule has 8 heteroatoms. The van der Waals surface area contributed by atoms with Crippen LogP contribution in [-0.4, -0.2) is 34.7 Å². The molecule has 0 spiro atoms. The van der Waals surface area contributed by atoms with E-state index in [4.69, 9.17) is 4.74 Å². The minimum atomic E-state index is -4.53. The third-order valence-corrected chi connectivity index (χ3v) is 4.46. The molecule has 1 saturated heterocycles. The average Bonchev–Trinajstić information content (AvgIpc) is 2.51. The number of hydrogen-bond acceptors (Lipinski definition) is 5. The number of alkyl halides is 3. The lowest BCUT2D eigenvalue weighted by atomic mass is 9.96. The summed E-state index contributed by atoms with van der Waals surface area (Å²) in [5.41, 5.74) is -0.925. The number of ether oxygens (including phenoxy) is 1. The highest BCUT2D eigenvalue weighted by Gasteiger charge is 2.38. The van der Waals surface area contributed by atoms with Gasteiger partial charge in [-0.3, -0.25) is 0 Å². The normalized spacial score (nSPS) is 25.7. The number of aromatic nitrogens is 2. The molecule has 3 rings (SSSR count). The van der Waals surface area contributed by atoms with Gasteiger partial charge >= 0.3 is 6.18 Å². The van der Waals surface area contributed by atoms with Gasteiger partial charge in [-0.2, -0.15) is 18.2 Å². The van der Waals surface area contributed by atoms with Crippen LogP contribution < -0.4 is 15.4 Å². The molecule has 1 aliphatic carbocycles. The van der Waals surface area contributed by atoms with E-state index >= 15 is 0 Å².